The Balaban J connectivity index is 2.13. The van der Waals surface area contributed by atoms with Crippen molar-refractivity contribution in [2.75, 3.05) is 5.32 Å². The Hall–Kier alpha value is -1.82. The number of non-ortho nitro benzene ring substituents is 1. The molecule has 6 heteroatoms. The number of nitro groups is 1. The summed E-state index contributed by atoms with van der Waals surface area (Å²) in [4.78, 5) is 10.3. The lowest BCUT2D eigenvalue weighted by Crippen LogP contribution is -2.01. The smallest absolute Gasteiger partial charge is 0.271 e. The summed E-state index contributed by atoms with van der Waals surface area (Å²) >= 11 is 3.22. The van der Waals surface area contributed by atoms with E-state index >= 15 is 0 Å². The first-order valence-electron chi connectivity index (χ1n) is 5.29. The van der Waals surface area contributed by atoms with Crippen molar-refractivity contribution in [3.05, 3.63) is 56.4 Å². The lowest BCUT2D eigenvalue weighted by molar-refractivity contribution is -0.384. The Kier molecular flexibility index (Phi) is 3.66. The van der Waals surface area contributed by atoms with Crippen LogP contribution in [0, 0.1) is 17.0 Å². The second-order valence-electron chi connectivity index (χ2n) is 3.82. The summed E-state index contributed by atoms with van der Waals surface area (Å²) in [6, 6.07) is 8.37. The molecule has 0 saturated heterocycles. The molecule has 0 amide bonds. The molecule has 18 heavy (non-hydrogen) atoms. The van der Waals surface area contributed by atoms with E-state index in [1.165, 1.54) is 12.1 Å². The first-order chi connectivity index (χ1) is 8.56. The van der Waals surface area contributed by atoms with Gasteiger partial charge in [-0.1, -0.05) is 6.07 Å². The van der Waals surface area contributed by atoms with Gasteiger partial charge in [0, 0.05) is 17.8 Å². The second-order valence-corrected chi connectivity index (χ2v) is 4.60. The van der Waals surface area contributed by atoms with Gasteiger partial charge < -0.3 is 9.73 Å². The van der Waals surface area contributed by atoms with Crippen LogP contribution in [0.2, 0.25) is 0 Å². The van der Waals surface area contributed by atoms with Crippen LogP contribution in [0.4, 0.5) is 11.4 Å². The molecule has 0 unspecified atom stereocenters. The molecule has 2 aromatic rings. The van der Waals surface area contributed by atoms with Crippen LogP contribution in [-0.4, -0.2) is 4.92 Å². The van der Waals surface area contributed by atoms with E-state index in [2.05, 4.69) is 21.2 Å². The molecule has 0 saturated carbocycles. The molecule has 1 heterocycles. The molecule has 0 radical (unpaired) electrons. The maximum Gasteiger partial charge on any atom is 0.271 e. The van der Waals surface area contributed by atoms with Crippen molar-refractivity contribution in [2.24, 2.45) is 0 Å². The Morgan fingerprint density at radius 2 is 2.17 bits per heavy atom. The van der Waals surface area contributed by atoms with Gasteiger partial charge in [-0.05, 0) is 40.5 Å². The SMILES string of the molecule is Cc1ccc([N+](=O)[O-])cc1NCc1ccc(Br)o1. The summed E-state index contributed by atoms with van der Waals surface area (Å²) in [7, 11) is 0. The molecule has 94 valence electrons. The third-order valence-corrected chi connectivity index (χ3v) is 2.94. The van der Waals surface area contributed by atoms with Crippen LogP contribution >= 0.6 is 15.9 Å². The van der Waals surface area contributed by atoms with E-state index in [0.717, 1.165) is 17.0 Å². The predicted molar refractivity (Wildman–Crippen MR) is 71.6 cm³/mol. The quantitative estimate of drug-likeness (QED) is 0.687. The largest absolute Gasteiger partial charge is 0.452 e. The zero-order valence-electron chi connectivity index (χ0n) is 9.64. The number of anilines is 1. The average Bonchev–Trinajstić information content (AvgIpc) is 2.74. The van der Waals surface area contributed by atoms with Crippen molar-refractivity contribution in [1.82, 2.24) is 0 Å². The number of hydrogen-bond donors (Lipinski definition) is 1. The van der Waals surface area contributed by atoms with Gasteiger partial charge in [0.2, 0.25) is 0 Å². The minimum absolute atomic E-state index is 0.0729. The highest BCUT2D eigenvalue weighted by Crippen LogP contribution is 2.23. The minimum atomic E-state index is -0.409. The fourth-order valence-electron chi connectivity index (χ4n) is 1.54. The molecule has 1 aromatic heterocycles. The Morgan fingerprint density at radius 3 is 2.78 bits per heavy atom. The van der Waals surface area contributed by atoms with Gasteiger partial charge in [0.1, 0.15) is 5.76 Å². The van der Waals surface area contributed by atoms with E-state index < -0.39 is 4.92 Å². The zero-order chi connectivity index (χ0) is 13.1. The van der Waals surface area contributed by atoms with Crippen LogP contribution in [0.1, 0.15) is 11.3 Å². The lowest BCUT2D eigenvalue weighted by atomic mass is 10.2. The van der Waals surface area contributed by atoms with E-state index in [1.807, 2.05) is 13.0 Å². The first-order valence-corrected chi connectivity index (χ1v) is 6.08. The monoisotopic (exact) mass is 310 g/mol. The maximum absolute atomic E-state index is 10.7. The highest BCUT2D eigenvalue weighted by atomic mass is 79.9. The van der Waals surface area contributed by atoms with Gasteiger partial charge in [0.15, 0.2) is 4.67 Å². The van der Waals surface area contributed by atoms with E-state index in [4.69, 9.17) is 4.42 Å². The molecule has 0 bridgehead atoms. The Labute approximate surface area is 112 Å². The predicted octanol–water partition coefficient (Wildman–Crippen LogP) is 3.87. The van der Waals surface area contributed by atoms with Crippen molar-refractivity contribution < 1.29 is 9.34 Å². The van der Waals surface area contributed by atoms with Crippen molar-refractivity contribution >= 4 is 27.3 Å². The number of nitro benzene ring substituents is 1. The minimum Gasteiger partial charge on any atom is -0.452 e. The summed E-state index contributed by atoms with van der Waals surface area (Å²) in [6.07, 6.45) is 0. The molecule has 0 spiro atoms. The van der Waals surface area contributed by atoms with Crippen LogP contribution < -0.4 is 5.32 Å². The summed E-state index contributed by atoms with van der Waals surface area (Å²) in [5.41, 5.74) is 1.76. The summed E-state index contributed by atoms with van der Waals surface area (Å²) < 4.78 is 6.01. The van der Waals surface area contributed by atoms with E-state index in [-0.39, 0.29) is 5.69 Å². The van der Waals surface area contributed by atoms with Gasteiger partial charge in [-0.25, -0.2) is 0 Å². The fraction of sp³-hybridized carbons (Fsp3) is 0.167. The molecule has 1 N–H and O–H groups in total. The number of furan rings is 1. The number of benzene rings is 1. The maximum atomic E-state index is 10.7. The molecule has 0 atom stereocenters. The fourth-order valence-corrected chi connectivity index (χ4v) is 1.88. The Bertz CT molecular complexity index is 580. The molecule has 5 nitrogen and oxygen atoms in total. The zero-order valence-corrected chi connectivity index (χ0v) is 11.2. The highest BCUT2D eigenvalue weighted by Gasteiger charge is 2.08. The van der Waals surface area contributed by atoms with Crippen LogP contribution in [0.25, 0.3) is 0 Å². The third-order valence-electron chi connectivity index (χ3n) is 2.51. The molecule has 2 rings (SSSR count). The van der Waals surface area contributed by atoms with E-state index in [0.29, 0.717) is 11.2 Å². The number of rotatable bonds is 4. The molecule has 0 fully saturated rings. The van der Waals surface area contributed by atoms with Crippen LogP contribution in [0.3, 0.4) is 0 Å². The van der Waals surface area contributed by atoms with Gasteiger partial charge in [0.05, 0.1) is 11.5 Å². The lowest BCUT2D eigenvalue weighted by Gasteiger charge is -2.07. The van der Waals surface area contributed by atoms with Crippen LogP contribution in [-0.2, 0) is 6.54 Å². The third kappa shape index (κ3) is 2.89. The number of hydrogen-bond acceptors (Lipinski definition) is 4. The second kappa shape index (κ2) is 5.22. The normalized spacial score (nSPS) is 10.3. The summed E-state index contributed by atoms with van der Waals surface area (Å²) in [5, 5.41) is 13.8. The van der Waals surface area contributed by atoms with Crippen molar-refractivity contribution in [3.8, 4) is 0 Å². The standard InChI is InChI=1S/C12H11BrN2O3/c1-8-2-3-9(15(16)17)6-11(8)14-7-10-4-5-12(13)18-10/h2-6,14H,7H2,1H3. The van der Waals surface area contributed by atoms with Crippen molar-refractivity contribution in [3.63, 3.8) is 0 Å². The van der Waals surface area contributed by atoms with Crippen molar-refractivity contribution in [1.29, 1.82) is 0 Å². The highest BCUT2D eigenvalue weighted by molar-refractivity contribution is 9.10. The number of nitrogens with one attached hydrogen (secondary N) is 1. The van der Waals surface area contributed by atoms with Crippen LogP contribution in [0.5, 0.6) is 0 Å². The molecular formula is C12H11BrN2O3. The van der Waals surface area contributed by atoms with Crippen molar-refractivity contribution in [2.45, 2.75) is 13.5 Å². The van der Waals surface area contributed by atoms with Gasteiger partial charge >= 0.3 is 0 Å². The number of nitrogens with zero attached hydrogens (tertiary/aromatic N) is 1. The van der Waals surface area contributed by atoms with Crippen LogP contribution in [0.15, 0.2) is 39.4 Å². The molecule has 0 aliphatic heterocycles. The summed E-state index contributed by atoms with van der Waals surface area (Å²) in [5.74, 6) is 0.757. The molecule has 0 aliphatic rings. The number of halogens is 1. The topological polar surface area (TPSA) is 68.3 Å². The Morgan fingerprint density at radius 1 is 1.39 bits per heavy atom. The van der Waals surface area contributed by atoms with Gasteiger partial charge in [-0.2, -0.15) is 0 Å². The molecular weight excluding hydrogens is 300 g/mol. The summed E-state index contributed by atoms with van der Waals surface area (Å²) in [6.45, 7) is 2.37. The average molecular weight is 311 g/mol. The van der Waals surface area contributed by atoms with Gasteiger partial charge in [-0.3, -0.25) is 10.1 Å². The number of aryl methyl sites for hydroxylation is 1. The van der Waals surface area contributed by atoms with E-state index in [1.54, 1.807) is 12.1 Å². The molecule has 0 aliphatic carbocycles. The van der Waals surface area contributed by atoms with Gasteiger partial charge in [0.25, 0.3) is 5.69 Å². The first kappa shape index (κ1) is 12.6. The van der Waals surface area contributed by atoms with E-state index in [9.17, 15) is 10.1 Å². The van der Waals surface area contributed by atoms with Gasteiger partial charge in [-0.15, -0.1) is 0 Å². The molecule has 1 aromatic carbocycles.